The Morgan fingerprint density at radius 1 is 1.17 bits per heavy atom. The third-order valence-electron chi connectivity index (χ3n) is 3.69. The Morgan fingerprint density at radius 2 is 1.96 bits per heavy atom. The topological polar surface area (TPSA) is 53.2 Å². The van der Waals surface area contributed by atoms with Crippen molar-refractivity contribution < 1.29 is 13.6 Å². The minimum atomic E-state index is -0.813. The van der Waals surface area contributed by atoms with Gasteiger partial charge in [0.1, 0.15) is 17.7 Å². The van der Waals surface area contributed by atoms with Crippen molar-refractivity contribution in [1.29, 1.82) is 0 Å². The highest BCUT2D eigenvalue weighted by molar-refractivity contribution is 6.31. The average molecular weight is 338 g/mol. The Morgan fingerprint density at radius 3 is 2.70 bits per heavy atom. The SMILES string of the molecule is O=C(Nc1ccc(F)cc1F)C1CC(c2ccccc2Cl)NN1. The van der Waals surface area contributed by atoms with Crippen molar-refractivity contribution in [2.24, 2.45) is 0 Å². The molecule has 2 unspecified atom stereocenters. The molecule has 1 saturated heterocycles. The van der Waals surface area contributed by atoms with Gasteiger partial charge in [-0.3, -0.25) is 4.79 Å². The summed E-state index contributed by atoms with van der Waals surface area (Å²) >= 11 is 6.14. The highest BCUT2D eigenvalue weighted by Crippen LogP contribution is 2.28. The zero-order chi connectivity index (χ0) is 16.4. The van der Waals surface area contributed by atoms with E-state index in [2.05, 4.69) is 16.2 Å². The van der Waals surface area contributed by atoms with Gasteiger partial charge in [-0.15, -0.1) is 0 Å². The Hall–Kier alpha value is -2.02. The number of hydrogen-bond acceptors (Lipinski definition) is 3. The molecule has 2 atom stereocenters. The largest absolute Gasteiger partial charge is 0.322 e. The lowest BCUT2D eigenvalue weighted by molar-refractivity contribution is -0.117. The van der Waals surface area contributed by atoms with Gasteiger partial charge in [0, 0.05) is 17.1 Å². The van der Waals surface area contributed by atoms with Crippen LogP contribution in [0.3, 0.4) is 0 Å². The lowest BCUT2D eigenvalue weighted by atomic mass is 10.0. The van der Waals surface area contributed by atoms with Crippen LogP contribution in [0.1, 0.15) is 18.0 Å². The van der Waals surface area contributed by atoms with E-state index in [4.69, 9.17) is 11.6 Å². The highest BCUT2D eigenvalue weighted by atomic mass is 35.5. The fourth-order valence-corrected chi connectivity index (χ4v) is 2.77. The summed E-state index contributed by atoms with van der Waals surface area (Å²) in [6, 6.07) is 9.67. The molecule has 0 aliphatic carbocycles. The standard InChI is InChI=1S/C16H14ClF2N3O/c17-11-4-2-1-3-10(11)14-8-15(22-21-14)16(23)20-13-6-5-9(18)7-12(13)19/h1-7,14-15,21-22H,8H2,(H,20,23). The van der Waals surface area contributed by atoms with Crippen molar-refractivity contribution >= 4 is 23.2 Å². The fourth-order valence-electron chi connectivity index (χ4n) is 2.50. The molecule has 3 rings (SSSR count). The summed E-state index contributed by atoms with van der Waals surface area (Å²) in [4.78, 5) is 12.2. The maximum atomic E-state index is 13.6. The first-order valence-corrected chi connectivity index (χ1v) is 7.44. The number of hydrogen-bond donors (Lipinski definition) is 3. The van der Waals surface area contributed by atoms with Crippen molar-refractivity contribution in [2.45, 2.75) is 18.5 Å². The molecule has 1 amide bonds. The Balaban J connectivity index is 1.67. The predicted octanol–water partition coefficient (Wildman–Crippen LogP) is 3.16. The van der Waals surface area contributed by atoms with Crippen molar-refractivity contribution in [3.8, 4) is 0 Å². The molecule has 0 radical (unpaired) electrons. The summed E-state index contributed by atoms with van der Waals surface area (Å²) < 4.78 is 26.5. The number of carbonyl (C=O) groups excluding carboxylic acids is 1. The number of benzene rings is 2. The molecule has 0 saturated carbocycles. The van der Waals surface area contributed by atoms with Gasteiger partial charge in [0.15, 0.2) is 0 Å². The Bertz CT molecular complexity index is 741. The molecule has 1 aliphatic rings. The third kappa shape index (κ3) is 3.50. The summed E-state index contributed by atoms with van der Waals surface area (Å²) in [7, 11) is 0. The van der Waals surface area contributed by atoms with Crippen LogP contribution >= 0.6 is 11.6 Å². The number of rotatable bonds is 3. The summed E-state index contributed by atoms with van der Waals surface area (Å²) in [5.41, 5.74) is 6.69. The minimum Gasteiger partial charge on any atom is -0.322 e. The first-order chi connectivity index (χ1) is 11.0. The Kier molecular flexibility index (Phi) is 4.56. The van der Waals surface area contributed by atoms with Crippen LogP contribution in [0, 0.1) is 11.6 Å². The van der Waals surface area contributed by atoms with Crippen LogP contribution < -0.4 is 16.2 Å². The van der Waals surface area contributed by atoms with Gasteiger partial charge in [-0.2, -0.15) is 0 Å². The zero-order valence-corrected chi connectivity index (χ0v) is 12.7. The molecular weight excluding hydrogens is 324 g/mol. The van der Waals surface area contributed by atoms with E-state index in [1.807, 2.05) is 18.2 Å². The van der Waals surface area contributed by atoms with Crippen molar-refractivity contribution in [1.82, 2.24) is 10.9 Å². The van der Waals surface area contributed by atoms with Crippen LogP contribution in [-0.2, 0) is 4.79 Å². The molecule has 3 N–H and O–H groups in total. The van der Waals surface area contributed by atoms with Gasteiger partial charge in [-0.1, -0.05) is 29.8 Å². The summed E-state index contributed by atoms with van der Waals surface area (Å²) in [6.07, 6.45) is 0.457. The lowest BCUT2D eigenvalue weighted by Gasteiger charge is -2.12. The molecule has 2 aromatic rings. The summed E-state index contributed by atoms with van der Waals surface area (Å²) in [5, 5.41) is 3.06. The second-order valence-corrected chi connectivity index (χ2v) is 5.67. The van der Waals surface area contributed by atoms with Gasteiger partial charge in [-0.05, 0) is 30.2 Å². The molecule has 4 nitrogen and oxygen atoms in total. The van der Waals surface area contributed by atoms with Crippen LogP contribution in [-0.4, -0.2) is 11.9 Å². The lowest BCUT2D eigenvalue weighted by Crippen LogP contribution is -2.39. The van der Waals surface area contributed by atoms with Crippen molar-refractivity contribution in [3.05, 3.63) is 64.7 Å². The number of amides is 1. The van der Waals surface area contributed by atoms with Crippen LogP contribution in [0.4, 0.5) is 14.5 Å². The van der Waals surface area contributed by atoms with Crippen LogP contribution in [0.2, 0.25) is 5.02 Å². The van der Waals surface area contributed by atoms with E-state index < -0.39 is 23.6 Å². The maximum Gasteiger partial charge on any atom is 0.243 e. The molecule has 0 aromatic heterocycles. The molecule has 1 heterocycles. The number of nitrogens with one attached hydrogen (secondary N) is 3. The molecule has 2 aromatic carbocycles. The van der Waals surface area contributed by atoms with Gasteiger partial charge >= 0.3 is 0 Å². The van der Waals surface area contributed by atoms with Crippen LogP contribution in [0.5, 0.6) is 0 Å². The molecule has 120 valence electrons. The van der Waals surface area contributed by atoms with Crippen LogP contribution in [0.15, 0.2) is 42.5 Å². The van der Waals surface area contributed by atoms with E-state index in [0.717, 1.165) is 17.7 Å². The van der Waals surface area contributed by atoms with Gasteiger partial charge in [-0.25, -0.2) is 19.6 Å². The maximum absolute atomic E-state index is 13.6. The van der Waals surface area contributed by atoms with Crippen molar-refractivity contribution in [2.75, 3.05) is 5.32 Å². The summed E-state index contributed by atoms with van der Waals surface area (Å²) in [5.74, 6) is -1.91. The van der Waals surface area contributed by atoms with Gasteiger partial charge in [0.05, 0.1) is 5.69 Å². The van der Waals surface area contributed by atoms with E-state index in [9.17, 15) is 13.6 Å². The first kappa shape index (κ1) is 15.9. The normalized spacial score (nSPS) is 20.5. The summed E-state index contributed by atoms with van der Waals surface area (Å²) in [6.45, 7) is 0. The second kappa shape index (κ2) is 6.62. The van der Waals surface area contributed by atoms with E-state index >= 15 is 0 Å². The highest BCUT2D eigenvalue weighted by Gasteiger charge is 2.31. The fraction of sp³-hybridized carbons (Fsp3) is 0.188. The molecule has 0 spiro atoms. The van der Waals surface area contributed by atoms with Crippen molar-refractivity contribution in [3.63, 3.8) is 0 Å². The zero-order valence-electron chi connectivity index (χ0n) is 11.9. The molecule has 1 aliphatic heterocycles. The minimum absolute atomic E-state index is 0.0561. The van der Waals surface area contributed by atoms with Gasteiger partial charge < -0.3 is 5.32 Å². The van der Waals surface area contributed by atoms with Crippen LogP contribution in [0.25, 0.3) is 0 Å². The van der Waals surface area contributed by atoms with E-state index in [-0.39, 0.29) is 11.7 Å². The Labute approximate surface area is 136 Å². The number of hydrazine groups is 1. The van der Waals surface area contributed by atoms with E-state index in [1.54, 1.807) is 6.07 Å². The van der Waals surface area contributed by atoms with Gasteiger partial charge in [0.2, 0.25) is 5.91 Å². The number of halogens is 3. The first-order valence-electron chi connectivity index (χ1n) is 7.06. The quantitative estimate of drug-likeness (QED) is 0.806. The monoisotopic (exact) mass is 337 g/mol. The molecular formula is C16H14ClF2N3O. The predicted molar refractivity (Wildman–Crippen MR) is 83.9 cm³/mol. The molecule has 0 bridgehead atoms. The average Bonchev–Trinajstić information content (AvgIpc) is 3.00. The third-order valence-corrected chi connectivity index (χ3v) is 4.03. The molecule has 23 heavy (non-hydrogen) atoms. The number of carbonyl (C=O) groups is 1. The molecule has 7 heteroatoms. The van der Waals surface area contributed by atoms with E-state index in [0.29, 0.717) is 11.4 Å². The van der Waals surface area contributed by atoms with Gasteiger partial charge in [0.25, 0.3) is 0 Å². The molecule has 1 fully saturated rings. The second-order valence-electron chi connectivity index (χ2n) is 5.26. The number of anilines is 1. The van der Waals surface area contributed by atoms with E-state index in [1.165, 1.54) is 6.07 Å². The smallest absolute Gasteiger partial charge is 0.243 e.